The lowest BCUT2D eigenvalue weighted by molar-refractivity contribution is -0.125. The Bertz CT molecular complexity index is 774. The van der Waals surface area contributed by atoms with Crippen LogP contribution in [0.3, 0.4) is 0 Å². The fourth-order valence-electron chi connectivity index (χ4n) is 2.31. The first-order valence-electron chi connectivity index (χ1n) is 8.28. The Morgan fingerprint density at radius 3 is 2.81 bits per heavy atom. The van der Waals surface area contributed by atoms with E-state index in [2.05, 4.69) is 10.5 Å². The van der Waals surface area contributed by atoms with Gasteiger partial charge < -0.3 is 24.4 Å². The van der Waals surface area contributed by atoms with E-state index in [-0.39, 0.29) is 19.3 Å². The van der Waals surface area contributed by atoms with Gasteiger partial charge in [0.05, 0.1) is 12.8 Å². The number of benzene rings is 2. The lowest BCUT2D eigenvalue weighted by Gasteiger charge is -2.05. The Labute approximate surface area is 151 Å². The number of oxime groups is 1. The highest BCUT2D eigenvalue weighted by molar-refractivity contribution is 5.80. The van der Waals surface area contributed by atoms with Crippen LogP contribution in [0.25, 0.3) is 0 Å². The van der Waals surface area contributed by atoms with E-state index in [1.807, 2.05) is 49.4 Å². The average Bonchev–Trinajstić information content (AvgIpc) is 3.13. The van der Waals surface area contributed by atoms with Gasteiger partial charge in [-0.05, 0) is 54.4 Å². The number of nitrogens with zero attached hydrogens (tertiary/aromatic N) is 1. The first-order valence-corrected chi connectivity index (χ1v) is 8.28. The predicted octanol–water partition coefficient (Wildman–Crippen LogP) is 2.48. The van der Waals surface area contributed by atoms with E-state index in [4.69, 9.17) is 19.0 Å². The van der Waals surface area contributed by atoms with E-state index in [1.54, 1.807) is 6.21 Å². The molecule has 7 nitrogen and oxygen atoms in total. The molecular weight excluding hydrogens is 336 g/mol. The summed E-state index contributed by atoms with van der Waals surface area (Å²) in [5, 5.41) is 6.56. The minimum atomic E-state index is -0.258. The largest absolute Gasteiger partial charge is 0.494 e. The summed E-state index contributed by atoms with van der Waals surface area (Å²) >= 11 is 0. The van der Waals surface area contributed by atoms with E-state index in [0.717, 1.165) is 16.9 Å². The summed E-state index contributed by atoms with van der Waals surface area (Å²) in [5.41, 5.74) is 1.77. The van der Waals surface area contributed by atoms with Crippen molar-refractivity contribution in [2.45, 2.75) is 13.5 Å². The molecule has 136 valence electrons. The summed E-state index contributed by atoms with van der Waals surface area (Å²) in [6, 6.07) is 13.0. The van der Waals surface area contributed by atoms with Gasteiger partial charge in [0.1, 0.15) is 5.75 Å². The molecule has 0 fully saturated rings. The molecule has 0 atom stereocenters. The number of carbonyl (C=O) groups excluding carboxylic acids is 1. The van der Waals surface area contributed by atoms with Crippen LogP contribution in [-0.4, -0.2) is 32.1 Å². The Hall–Kier alpha value is -3.22. The maximum Gasteiger partial charge on any atom is 0.261 e. The molecule has 0 saturated heterocycles. The topological polar surface area (TPSA) is 78.4 Å². The number of hydrogen-bond acceptors (Lipinski definition) is 6. The normalized spacial score (nSPS) is 12.2. The molecule has 0 bridgehead atoms. The molecule has 2 aromatic carbocycles. The second-order valence-corrected chi connectivity index (χ2v) is 5.47. The second-order valence-electron chi connectivity index (χ2n) is 5.47. The van der Waals surface area contributed by atoms with Crippen LogP contribution in [0.1, 0.15) is 18.1 Å². The molecule has 1 aliphatic heterocycles. The van der Waals surface area contributed by atoms with Crippen molar-refractivity contribution >= 4 is 12.1 Å². The van der Waals surface area contributed by atoms with Crippen LogP contribution in [0.4, 0.5) is 0 Å². The number of hydrogen-bond donors (Lipinski definition) is 1. The van der Waals surface area contributed by atoms with E-state index in [0.29, 0.717) is 24.7 Å². The molecule has 1 N–H and O–H groups in total. The van der Waals surface area contributed by atoms with Gasteiger partial charge in [-0.25, -0.2) is 0 Å². The van der Waals surface area contributed by atoms with Crippen molar-refractivity contribution in [1.29, 1.82) is 0 Å². The van der Waals surface area contributed by atoms with E-state index in [1.165, 1.54) is 0 Å². The van der Waals surface area contributed by atoms with Crippen LogP contribution in [0.15, 0.2) is 47.6 Å². The number of ether oxygens (including phenoxy) is 3. The highest BCUT2D eigenvalue weighted by atomic mass is 16.7. The summed E-state index contributed by atoms with van der Waals surface area (Å²) in [6.07, 6.45) is 1.54. The van der Waals surface area contributed by atoms with Crippen LogP contribution >= 0.6 is 0 Å². The zero-order valence-corrected chi connectivity index (χ0v) is 14.4. The van der Waals surface area contributed by atoms with Crippen LogP contribution in [0.2, 0.25) is 0 Å². The lowest BCUT2D eigenvalue weighted by Crippen LogP contribution is -2.26. The maximum absolute atomic E-state index is 11.8. The van der Waals surface area contributed by atoms with Crippen LogP contribution in [0.5, 0.6) is 17.2 Å². The van der Waals surface area contributed by atoms with Gasteiger partial charge in [0.15, 0.2) is 18.1 Å². The molecule has 0 saturated carbocycles. The Morgan fingerprint density at radius 2 is 2.00 bits per heavy atom. The van der Waals surface area contributed by atoms with Crippen molar-refractivity contribution in [3.05, 3.63) is 53.6 Å². The zero-order valence-electron chi connectivity index (χ0n) is 14.4. The van der Waals surface area contributed by atoms with Crippen molar-refractivity contribution < 1.29 is 23.8 Å². The number of rotatable bonds is 8. The van der Waals surface area contributed by atoms with Crippen LogP contribution < -0.4 is 19.5 Å². The van der Waals surface area contributed by atoms with Gasteiger partial charge in [0.25, 0.3) is 5.91 Å². The predicted molar refractivity (Wildman–Crippen MR) is 95.6 cm³/mol. The SMILES string of the molecule is CCOc1ccc(/C=N\OCC(=O)NCc2ccc3c(c2)OCO3)cc1. The smallest absolute Gasteiger partial charge is 0.261 e. The third kappa shape index (κ3) is 4.89. The molecule has 1 amide bonds. The molecule has 0 unspecified atom stereocenters. The number of amides is 1. The van der Waals surface area contributed by atoms with Gasteiger partial charge in [0, 0.05) is 6.54 Å². The van der Waals surface area contributed by atoms with E-state index < -0.39 is 0 Å². The second kappa shape index (κ2) is 8.75. The molecule has 0 radical (unpaired) electrons. The van der Waals surface area contributed by atoms with Crippen molar-refractivity contribution in [3.63, 3.8) is 0 Å². The Morgan fingerprint density at radius 1 is 1.19 bits per heavy atom. The van der Waals surface area contributed by atoms with Crippen molar-refractivity contribution in [2.24, 2.45) is 5.16 Å². The maximum atomic E-state index is 11.8. The van der Waals surface area contributed by atoms with Gasteiger partial charge in [-0.15, -0.1) is 0 Å². The molecule has 0 aromatic heterocycles. The van der Waals surface area contributed by atoms with Gasteiger partial charge in [-0.1, -0.05) is 11.2 Å². The molecule has 1 aliphatic rings. The Balaban J connectivity index is 1.38. The Kier molecular flexibility index (Phi) is 5.92. The standard InChI is InChI=1S/C19H20N2O5/c1-2-23-16-6-3-14(4-7-16)11-21-26-12-19(22)20-10-15-5-8-17-18(9-15)25-13-24-17/h3-9,11H,2,10,12-13H2,1H3,(H,20,22)/b21-11-. The minimum absolute atomic E-state index is 0.155. The van der Waals surface area contributed by atoms with Crippen molar-refractivity contribution in [1.82, 2.24) is 5.32 Å². The molecule has 0 spiro atoms. The van der Waals surface area contributed by atoms with E-state index in [9.17, 15) is 4.79 Å². The highest BCUT2D eigenvalue weighted by Gasteiger charge is 2.13. The summed E-state index contributed by atoms with van der Waals surface area (Å²) in [6.45, 7) is 3.00. The molecule has 1 heterocycles. The van der Waals surface area contributed by atoms with Gasteiger partial charge in [0.2, 0.25) is 6.79 Å². The number of nitrogens with one attached hydrogen (secondary N) is 1. The fourth-order valence-corrected chi connectivity index (χ4v) is 2.31. The average molecular weight is 356 g/mol. The molecule has 2 aromatic rings. The molecule has 0 aliphatic carbocycles. The first kappa shape index (κ1) is 17.6. The van der Waals surface area contributed by atoms with Gasteiger partial charge in [-0.3, -0.25) is 4.79 Å². The monoisotopic (exact) mass is 356 g/mol. The molecule has 3 rings (SSSR count). The third-order valence-corrected chi connectivity index (χ3v) is 3.59. The first-order chi connectivity index (χ1) is 12.7. The third-order valence-electron chi connectivity index (χ3n) is 3.59. The van der Waals surface area contributed by atoms with Crippen molar-refractivity contribution in [2.75, 3.05) is 20.0 Å². The zero-order chi connectivity index (χ0) is 18.2. The lowest BCUT2D eigenvalue weighted by atomic mass is 10.2. The minimum Gasteiger partial charge on any atom is -0.494 e. The number of carbonyl (C=O) groups is 1. The summed E-state index contributed by atoms with van der Waals surface area (Å²) in [7, 11) is 0. The number of fused-ring (bicyclic) bond motifs is 1. The summed E-state index contributed by atoms with van der Waals surface area (Å²) in [4.78, 5) is 16.8. The van der Waals surface area contributed by atoms with Crippen LogP contribution in [0, 0.1) is 0 Å². The fraction of sp³-hybridized carbons (Fsp3) is 0.263. The van der Waals surface area contributed by atoms with E-state index >= 15 is 0 Å². The molecule has 26 heavy (non-hydrogen) atoms. The van der Waals surface area contributed by atoms with Gasteiger partial charge in [-0.2, -0.15) is 0 Å². The highest BCUT2D eigenvalue weighted by Crippen LogP contribution is 2.32. The molecular formula is C19H20N2O5. The van der Waals surface area contributed by atoms with Gasteiger partial charge >= 0.3 is 0 Å². The van der Waals surface area contributed by atoms with Crippen molar-refractivity contribution in [3.8, 4) is 17.2 Å². The van der Waals surface area contributed by atoms with Crippen LogP contribution in [-0.2, 0) is 16.2 Å². The summed E-state index contributed by atoms with van der Waals surface area (Å²) in [5.74, 6) is 1.94. The quantitative estimate of drug-likeness (QED) is 0.581. The summed E-state index contributed by atoms with van der Waals surface area (Å²) < 4.78 is 15.9. The molecule has 7 heteroatoms.